The first kappa shape index (κ1) is 23.2. The third-order valence-electron chi connectivity index (χ3n) is 5.02. The van der Waals surface area contributed by atoms with Gasteiger partial charge >= 0.3 is 198 Å². The van der Waals surface area contributed by atoms with Crippen molar-refractivity contribution in [3.05, 3.63) is 120 Å². The van der Waals surface area contributed by atoms with Gasteiger partial charge in [0.2, 0.25) is 0 Å². The molecule has 0 aromatic heterocycles. The van der Waals surface area contributed by atoms with Crippen LogP contribution in [0.25, 0.3) is 22.3 Å². The molecule has 0 heterocycles. The van der Waals surface area contributed by atoms with Crippen LogP contribution in [0, 0.1) is 0 Å². The SMILES string of the molecule is O=[Se](=O)(Cc1ccc(-c2ccccc2)cc1)O[Se](=O)(=O)Cc1ccc(-c2ccccc2)cc1. The maximum absolute atomic E-state index is 12.5. The molecule has 4 rings (SSSR count). The summed E-state index contributed by atoms with van der Waals surface area (Å²) in [6, 6.07) is 33.3. The molecular weight excluding hydrogens is 550 g/mol. The topological polar surface area (TPSA) is 77.5 Å². The Morgan fingerprint density at radius 2 is 0.727 bits per heavy atom. The van der Waals surface area contributed by atoms with E-state index in [1.54, 1.807) is 24.3 Å². The summed E-state index contributed by atoms with van der Waals surface area (Å²) >= 11 is -10.3. The molecule has 5 nitrogen and oxygen atoms in total. The van der Waals surface area contributed by atoms with Crippen molar-refractivity contribution < 1.29 is 18.2 Å². The summed E-state index contributed by atoms with van der Waals surface area (Å²) in [6.07, 6.45) is 0. The van der Waals surface area contributed by atoms with Crippen molar-refractivity contribution in [2.45, 2.75) is 10.6 Å². The fourth-order valence-electron chi connectivity index (χ4n) is 3.46. The Kier molecular flexibility index (Phi) is 6.99. The molecule has 0 saturated carbocycles. The number of hydrogen-bond donors (Lipinski definition) is 0. The van der Waals surface area contributed by atoms with Crippen LogP contribution in [0.2, 0.25) is 0 Å². The van der Waals surface area contributed by atoms with E-state index in [4.69, 9.17) is 2.90 Å². The van der Waals surface area contributed by atoms with E-state index in [2.05, 4.69) is 0 Å². The molecule has 0 saturated heterocycles. The van der Waals surface area contributed by atoms with Gasteiger partial charge in [-0.2, -0.15) is 0 Å². The molecule has 4 aromatic rings. The summed E-state index contributed by atoms with van der Waals surface area (Å²) in [5.41, 5.74) is 4.89. The number of hydrogen-bond acceptors (Lipinski definition) is 5. The van der Waals surface area contributed by atoms with Crippen molar-refractivity contribution in [3.8, 4) is 22.3 Å². The second-order valence-electron chi connectivity index (χ2n) is 7.60. The van der Waals surface area contributed by atoms with E-state index >= 15 is 0 Å². The molecule has 0 aliphatic heterocycles. The normalized spacial score (nSPS) is 11.9. The van der Waals surface area contributed by atoms with Gasteiger partial charge in [-0.3, -0.25) is 0 Å². The molecule has 7 heteroatoms. The second-order valence-corrected chi connectivity index (χ2v) is 15.3. The van der Waals surface area contributed by atoms with E-state index in [0.717, 1.165) is 22.3 Å². The Bertz CT molecular complexity index is 1300. The van der Waals surface area contributed by atoms with Crippen LogP contribution in [-0.2, 0) is 28.9 Å². The Hall–Kier alpha value is -2.92. The van der Waals surface area contributed by atoms with Crippen LogP contribution >= 0.6 is 0 Å². The average Bonchev–Trinajstić information content (AvgIpc) is 2.80. The average molecular weight is 572 g/mol. The van der Waals surface area contributed by atoms with Crippen molar-refractivity contribution in [1.29, 1.82) is 0 Å². The first-order valence-electron chi connectivity index (χ1n) is 10.2. The fourth-order valence-corrected chi connectivity index (χ4v) is 11.3. The zero-order chi connectivity index (χ0) is 23.3. The molecule has 0 fully saturated rings. The van der Waals surface area contributed by atoms with Crippen molar-refractivity contribution in [3.63, 3.8) is 0 Å². The number of rotatable bonds is 8. The van der Waals surface area contributed by atoms with E-state index in [1.165, 1.54) is 0 Å². The quantitative estimate of drug-likeness (QED) is 0.261. The molecular formula is C26H22O5Se2. The zero-order valence-corrected chi connectivity index (χ0v) is 21.1. The monoisotopic (exact) mass is 574 g/mol. The molecule has 0 bridgehead atoms. The molecule has 0 aliphatic carbocycles. The van der Waals surface area contributed by atoms with Crippen LogP contribution in [0.15, 0.2) is 109 Å². The fraction of sp³-hybridized carbons (Fsp3) is 0.0769. The number of benzene rings is 4. The molecule has 0 spiro atoms. The van der Waals surface area contributed by atoms with Crippen LogP contribution in [-0.4, -0.2) is 26.1 Å². The van der Waals surface area contributed by atoms with E-state index in [9.17, 15) is 15.3 Å². The molecule has 0 unspecified atom stereocenters. The van der Waals surface area contributed by atoms with Crippen molar-refractivity contribution in [2.24, 2.45) is 0 Å². The molecule has 168 valence electrons. The molecule has 0 atom stereocenters. The second kappa shape index (κ2) is 9.92. The van der Waals surface area contributed by atoms with Gasteiger partial charge in [0.15, 0.2) is 0 Å². The minimum absolute atomic E-state index is 0.442. The van der Waals surface area contributed by atoms with Gasteiger partial charge in [-0.25, -0.2) is 0 Å². The maximum atomic E-state index is 12.5. The molecule has 33 heavy (non-hydrogen) atoms. The van der Waals surface area contributed by atoms with E-state index in [0.29, 0.717) is 11.1 Å². The summed E-state index contributed by atoms with van der Waals surface area (Å²) in [5, 5.41) is -0.885. The Balaban J connectivity index is 1.40. The first-order valence-corrected chi connectivity index (χ1v) is 16.9. The minimum atomic E-state index is -5.15. The van der Waals surface area contributed by atoms with Crippen LogP contribution < -0.4 is 0 Å². The summed E-state index contributed by atoms with van der Waals surface area (Å²) in [7, 11) is 0. The molecule has 0 amide bonds. The summed E-state index contributed by atoms with van der Waals surface area (Å²) in [6.45, 7) is 0. The van der Waals surface area contributed by atoms with E-state index in [-0.39, 0.29) is 0 Å². The van der Waals surface area contributed by atoms with Gasteiger partial charge in [-0.15, -0.1) is 0 Å². The van der Waals surface area contributed by atoms with Gasteiger partial charge in [0.25, 0.3) is 0 Å². The standard InChI is InChI=1S/C26H22O5Se2/c27-32(28,19-21-11-15-25(16-12-21)23-7-3-1-4-8-23)31-33(29,30)20-22-13-17-26(18-14-22)24-9-5-2-6-10-24/h1-18H,19-20H2. The van der Waals surface area contributed by atoms with Gasteiger partial charge in [0.05, 0.1) is 0 Å². The van der Waals surface area contributed by atoms with Gasteiger partial charge in [0.1, 0.15) is 0 Å². The molecule has 0 aliphatic rings. The summed E-state index contributed by atoms with van der Waals surface area (Å²) < 4.78 is 54.7. The molecule has 0 radical (unpaired) electrons. The summed E-state index contributed by atoms with van der Waals surface area (Å²) in [5.74, 6) is 0. The van der Waals surface area contributed by atoms with Crippen LogP contribution in [0.1, 0.15) is 11.1 Å². The van der Waals surface area contributed by atoms with Crippen LogP contribution in [0.5, 0.6) is 0 Å². The van der Waals surface area contributed by atoms with E-state index in [1.807, 2.05) is 84.9 Å². The predicted molar refractivity (Wildman–Crippen MR) is 127 cm³/mol. The molecule has 0 N–H and O–H groups in total. The Labute approximate surface area is 197 Å². The third kappa shape index (κ3) is 6.54. The predicted octanol–water partition coefficient (Wildman–Crippen LogP) is 5.50. The van der Waals surface area contributed by atoms with Gasteiger partial charge < -0.3 is 0 Å². The van der Waals surface area contributed by atoms with Gasteiger partial charge in [0, 0.05) is 0 Å². The third-order valence-corrected chi connectivity index (χ3v) is 13.3. The Morgan fingerprint density at radius 3 is 1.06 bits per heavy atom. The first-order chi connectivity index (χ1) is 15.8. The van der Waals surface area contributed by atoms with Gasteiger partial charge in [-0.1, -0.05) is 0 Å². The van der Waals surface area contributed by atoms with Crippen LogP contribution in [0.3, 0.4) is 0 Å². The van der Waals surface area contributed by atoms with Gasteiger partial charge in [-0.05, 0) is 0 Å². The van der Waals surface area contributed by atoms with Crippen molar-refractivity contribution in [1.82, 2.24) is 0 Å². The van der Waals surface area contributed by atoms with Crippen molar-refractivity contribution in [2.75, 3.05) is 0 Å². The summed E-state index contributed by atoms with van der Waals surface area (Å²) in [4.78, 5) is 0. The van der Waals surface area contributed by atoms with Crippen molar-refractivity contribution >= 4 is 26.1 Å². The zero-order valence-electron chi connectivity index (χ0n) is 17.7. The Morgan fingerprint density at radius 1 is 0.424 bits per heavy atom. The molecule has 4 aromatic carbocycles. The van der Waals surface area contributed by atoms with E-state index < -0.39 is 36.7 Å². The van der Waals surface area contributed by atoms with Crippen LogP contribution in [0.4, 0.5) is 0 Å².